The smallest absolute Gasteiger partial charge is 0.396 e. The van der Waals surface area contributed by atoms with Crippen molar-refractivity contribution in [1.82, 2.24) is 9.97 Å². The van der Waals surface area contributed by atoms with Crippen molar-refractivity contribution >= 4 is 101 Å². The molecule has 0 fully saturated rings. The number of nitrogens with zero attached hydrogens (tertiary/aromatic N) is 2. The molecule has 0 radical (unpaired) electrons. The summed E-state index contributed by atoms with van der Waals surface area (Å²) < 4.78 is 58.5. The van der Waals surface area contributed by atoms with Crippen LogP contribution in [0.4, 0.5) is 0 Å². The Morgan fingerprint density at radius 3 is 1.59 bits per heavy atom. The fourth-order valence-corrected chi connectivity index (χ4v) is 18.6. The van der Waals surface area contributed by atoms with Crippen LogP contribution in [0.5, 0.6) is 40.2 Å². The van der Waals surface area contributed by atoms with Gasteiger partial charge in [0.25, 0.3) is 0 Å². The van der Waals surface area contributed by atoms with Gasteiger partial charge < -0.3 is 72.3 Å². The summed E-state index contributed by atoms with van der Waals surface area (Å²) in [5, 5.41) is 49.8. The zero-order chi connectivity index (χ0) is 97.3. The number of carbonyl (C=O) groups excluding carboxylic acids is 1. The van der Waals surface area contributed by atoms with E-state index in [0.29, 0.717) is 125 Å². The summed E-state index contributed by atoms with van der Waals surface area (Å²) in [7, 11) is 0. The van der Waals surface area contributed by atoms with Gasteiger partial charge in [0.1, 0.15) is 57.3 Å². The number of thiazole rings is 1. The van der Waals surface area contributed by atoms with E-state index in [1.54, 1.807) is 115 Å². The highest BCUT2D eigenvalue weighted by atomic mass is 32.1. The van der Waals surface area contributed by atoms with E-state index in [9.17, 15) is 63.9 Å². The highest BCUT2D eigenvalue weighted by Crippen LogP contribution is 2.44. The average Bonchev–Trinajstić information content (AvgIpc) is 1.04. The number of fused-ring (bicyclic) bond motifs is 5. The van der Waals surface area contributed by atoms with E-state index in [-0.39, 0.29) is 29.0 Å². The SMILES string of the molecule is C=CCCC(Oc1cccc(OCc2ccc3ccccc3n2)c1)C(=O)O.CC1(C)Cc2cccc(OC(CCC3=CCCCC3)C(=O)O)c2O1.CCOC(=O)Cc1cccc2c(=O)cc(-c3ccc(OC(CCC4=CCCCC4)C(=O)O)cc3)oc12.O=C(O)C(CCC1=CCCCC1)Oc1ccc2sc(=O)oc2c1.O=C(O)C(CCC1=CCCCC1)Oc1ccccc1-c1nc2ccccc2s1. The summed E-state index contributed by atoms with van der Waals surface area (Å²) >= 11 is 2.60. The molecule has 722 valence electrons. The van der Waals surface area contributed by atoms with Crippen LogP contribution in [0.2, 0.25) is 0 Å². The molecule has 4 aromatic heterocycles. The van der Waals surface area contributed by atoms with Gasteiger partial charge in [-0.3, -0.25) is 9.59 Å². The summed E-state index contributed by atoms with van der Waals surface area (Å²) in [4.78, 5) is 103. The van der Waals surface area contributed by atoms with Crippen molar-refractivity contribution in [3.8, 4) is 62.1 Å². The molecule has 5 N–H and O–H groups in total. The Hall–Kier alpha value is -13.9. The first-order valence-corrected chi connectivity index (χ1v) is 49.0. The Kier molecular flexibility index (Phi) is 37.3. The summed E-state index contributed by atoms with van der Waals surface area (Å²) in [6, 6.07) is 58.3. The Balaban J connectivity index is 0.000000147. The van der Waals surface area contributed by atoms with Crippen LogP contribution in [-0.4, -0.2) is 114 Å². The summed E-state index contributed by atoms with van der Waals surface area (Å²) in [6.07, 6.45) is 31.0. The number of aromatic nitrogens is 2. The highest BCUT2D eigenvalue weighted by molar-refractivity contribution is 7.21. The maximum absolute atomic E-state index is 12.8. The molecule has 12 aromatic rings. The Morgan fingerprint density at radius 1 is 0.486 bits per heavy atom. The Morgan fingerprint density at radius 2 is 1.01 bits per heavy atom. The van der Waals surface area contributed by atoms with E-state index < -0.39 is 66.3 Å². The van der Waals surface area contributed by atoms with Crippen molar-refractivity contribution in [1.29, 1.82) is 0 Å². The molecule has 0 saturated carbocycles. The molecule has 27 heteroatoms. The number of benzene rings is 8. The van der Waals surface area contributed by atoms with Gasteiger partial charge in [-0.2, -0.15) is 0 Å². The van der Waals surface area contributed by atoms with Crippen LogP contribution in [0.3, 0.4) is 0 Å². The minimum absolute atomic E-state index is 0.00215. The number of carboxylic acid groups (broad SMARTS) is 5. The standard InChI is InChI=1S/C29H30O7.C23H23NO3S.C22H21NO4.C20H26O4.C17H18O5S/c1-2-34-27(31)17-21-9-6-10-23-24(30)18-26(36-28(21)23)20-12-14-22(15-13-20)35-25(29(32)33)16-11-19-7-4-3-5-8-19;25-23(26)20(15-14-16-8-2-1-3-9-16)27-19-12-6-4-10-17(19)22-24-18-11-5-7-13-21(18)28-22;1-2-3-11-21(22(24)25)27-19-9-6-8-18(14-19)26-15-17-13-12-16-7-4-5-10-20(16)23-17;1-20(2)13-15-9-6-10-16(18(15)24-20)23-17(19(21)22)12-11-14-7-4-3-5-8-14;18-16(19)13(8-6-11-4-2-1-3-5-11)21-12-7-9-15-14(10-12)22-17(20)23-15/h6-7,9-10,12-15,18,25H,2-5,8,11,16-17H2,1H3,(H,32,33);4-8,10-13,20H,1-3,9,14-15H2,(H,25,26);2,4-10,12-14,21H,1,3,11,15H2,(H,24,25);6-7,9-10,17H,3-5,8,11-13H2,1-2H3,(H,21,22);4,7,9-10,13H,1-3,5-6,8H2,(H,18,19). The van der Waals surface area contributed by atoms with E-state index in [4.69, 9.17) is 51.7 Å². The van der Waals surface area contributed by atoms with Gasteiger partial charge in [0.15, 0.2) is 53.0 Å². The molecule has 5 unspecified atom stereocenters. The molecular formula is C111H118N2O23S2. The topological polar surface area (TPSA) is 364 Å². The number of carboxylic acids is 5. The van der Waals surface area contributed by atoms with Crippen LogP contribution < -0.4 is 43.5 Å². The molecule has 0 amide bonds. The lowest BCUT2D eigenvalue weighted by molar-refractivity contribution is -0.146. The van der Waals surface area contributed by atoms with Gasteiger partial charge in [-0.05, 0) is 285 Å². The van der Waals surface area contributed by atoms with Gasteiger partial charge in [-0.15, -0.1) is 17.9 Å². The van der Waals surface area contributed by atoms with Gasteiger partial charge >= 0.3 is 40.8 Å². The molecule has 1 aliphatic heterocycles. The fourth-order valence-electron chi connectivity index (χ4n) is 16.9. The van der Waals surface area contributed by atoms with Crippen molar-refractivity contribution in [2.45, 2.75) is 243 Å². The molecule has 8 aromatic carbocycles. The predicted molar refractivity (Wildman–Crippen MR) is 534 cm³/mol. The fraction of sp³-hybridized carbons (Fsp3) is 0.351. The van der Waals surface area contributed by atoms with Crippen LogP contribution in [0.15, 0.2) is 272 Å². The third-order valence-corrected chi connectivity index (χ3v) is 25.9. The van der Waals surface area contributed by atoms with Crippen LogP contribution >= 0.6 is 22.7 Å². The van der Waals surface area contributed by atoms with Crippen molar-refractivity contribution in [3.05, 3.63) is 290 Å². The van der Waals surface area contributed by atoms with Gasteiger partial charge in [0, 0.05) is 46.7 Å². The molecule has 0 saturated heterocycles. The van der Waals surface area contributed by atoms with Gasteiger partial charge in [0.05, 0.1) is 50.1 Å². The summed E-state index contributed by atoms with van der Waals surface area (Å²) in [5.41, 5.74) is 11.4. The third-order valence-electron chi connectivity index (χ3n) is 24.1. The number of allylic oxidation sites excluding steroid dienone is 9. The zero-order valence-corrected chi connectivity index (χ0v) is 79.6. The minimum Gasteiger partial charge on any atom is -0.487 e. The van der Waals surface area contributed by atoms with Crippen LogP contribution in [0.1, 0.15) is 205 Å². The van der Waals surface area contributed by atoms with E-state index in [2.05, 4.69) is 35.9 Å². The number of para-hydroxylation sites is 5. The third kappa shape index (κ3) is 30.3. The predicted octanol–water partition coefficient (Wildman–Crippen LogP) is 24.8. The maximum atomic E-state index is 12.8. The van der Waals surface area contributed by atoms with E-state index in [1.165, 1.54) is 73.3 Å². The summed E-state index contributed by atoms with van der Waals surface area (Å²) in [6.45, 7) is 9.99. The van der Waals surface area contributed by atoms with Crippen molar-refractivity contribution in [2.24, 2.45) is 0 Å². The lowest BCUT2D eigenvalue weighted by atomic mass is 9.95. The monoisotopic (exact) mass is 1910 g/mol. The molecule has 138 heavy (non-hydrogen) atoms. The molecule has 5 atom stereocenters. The molecule has 5 aliphatic rings. The number of carbonyl (C=O) groups is 6. The quantitative estimate of drug-likeness (QED) is 0.0177. The Bertz CT molecular complexity index is 6440. The second-order valence-electron chi connectivity index (χ2n) is 35.0. The first-order chi connectivity index (χ1) is 66.9. The molecule has 0 bridgehead atoms. The van der Waals surface area contributed by atoms with Gasteiger partial charge in [-0.25, -0.2) is 38.7 Å². The molecule has 25 nitrogen and oxygen atoms in total. The summed E-state index contributed by atoms with van der Waals surface area (Å²) in [5.74, 6) is -1.16. The normalized spacial score (nSPS) is 15.2. The minimum atomic E-state index is -0.997. The second-order valence-corrected chi connectivity index (χ2v) is 37.0. The average molecular weight is 1910 g/mol. The van der Waals surface area contributed by atoms with Crippen molar-refractivity contribution in [2.75, 3.05) is 6.61 Å². The number of hydrogen-bond acceptors (Lipinski definition) is 22. The Labute approximate surface area is 809 Å². The maximum Gasteiger partial charge on any atom is 0.396 e. The number of pyridine rings is 1. The lowest BCUT2D eigenvalue weighted by Gasteiger charge is -2.21. The number of aliphatic carboxylic acids is 5. The van der Waals surface area contributed by atoms with Crippen LogP contribution in [0.25, 0.3) is 64.3 Å². The molecule has 5 heterocycles. The van der Waals surface area contributed by atoms with E-state index in [1.807, 2.05) is 111 Å². The molecule has 0 spiro atoms. The lowest BCUT2D eigenvalue weighted by Crippen LogP contribution is -2.28. The zero-order valence-electron chi connectivity index (χ0n) is 78.0. The van der Waals surface area contributed by atoms with E-state index in [0.717, 1.165) is 142 Å². The van der Waals surface area contributed by atoms with Crippen LogP contribution in [-0.2, 0) is 53.0 Å². The number of rotatable bonds is 38. The molecule has 4 aliphatic carbocycles. The number of esters is 1. The first-order valence-electron chi connectivity index (χ1n) is 47.4. The van der Waals surface area contributed by atoms with Crippen LogP contribution in [0, 0.1) is 0 Å². The van der Waals surface area contributed by atoms with Crippen molar-refractivity contribution in [3.63, 3.8) is 0 Å². The highest BCUT2D eigenvalue weighted by Gasteiger charge is 2.35. The largest absolute Gasteiger partial charge is 0.487 e. The van der Waals surface area contributed by atoms with Crippen molar-refractivity contribution < 1.29 is 101 Å². The van der Waals surface area contributed by atoms with E-state index >= 15 is 0 Å². The number of hydrogen-bond donors (Lipinski definition) is 5. The first kappa shape index (κ1) is 102. The molecule has 17 rings (SSSR count). The molecular weight excluding hydrogens is 1790 g/mol. The van der Waals surface area contributed by atoms with Gasteiger partial charge in [0.2, 0.25) is 0 Å². The van der Waals surface area contributed by atoms with Gasteiger partial charge in [-0.1, -0.05) is 143 Å². The second kappa shape index (κ2) is 50.8. The number of ether oxygens (including phenoxy) is 8.